The third-order valence-electron chi connectivity index (χ3n) is 5.22. The second-order valence-electron chi connectivity index (χ2n) is 8.72. The molecule has 1 aliphatic heterocycles. The van der Waals surface area contributed by atoms with Crippen LogP contribution in [0.2, 0.25) is 0 Å². The summed E-state index contributed by atoms with van der Waals surface area (Å²) < 4.78 is 15.4. The van der Waals surface area contributed by atoms with Crippen LogP contribution in [0, 0.1) is 11.2 Å². The number of rotatable bonds is 3. The number of likely N-dealkylation sites (tertiary alicyclic amines) is 1. The normalized spacial score (nSPS) is 17.4. The lowest BCUT2D eigenvalue weighted by Gasteiger charge is -2.23. The average Bonchev–Trinajstić information content (AvgIpc) is 3.28. The first-order chi connectivity index (χ1) is 13.3. The van der Waals surface area contributed by atoms with Crippen LogP contribution < -0.4 is 0 Å². The van der Waals surface area contributed by atoms with Crippen molar-refractivity contribution in [2.75, 3.05) is 13.1 Å². The Morgan fingerprint density at radius 3 is 2.64 bits per heavy atom. The maximum atomic E-state index is 13.3. The zero-order valence-corrected chi connectivity index (χ0v) is 16.5. The summed E-state index contributed by atoms with van der Waals surface area (Å²) in [6.07, 6.45) is 5.01. The van der Waals surface area contributed by atoms with Crippen LogP contribution in [-0.2, 0) is 4.79 Å². The number of benzene rings is 1. The maximum absolute atomic E-state index is 13.3. The van der Waals surface area contributed by atoms with Crippen molar-refractivity contribution < 1.29 is 9.18 Å². The molecule has 146 valence electrons. The molecule has 28 heavy (non-hydrogen) atoms. The van der Waals surface area contributed by atoms with E-state index in [1.807, 2.05) is 15.4 Å². The maximum Gasteiger partial charge on any atom is 0.234 e. The molecule has 0 bridgehead atoms. The van der Waals surface area contributed by atoms with Gasteiger partial charge in [0.2, 0.25) is 11.7 Å². The molecule has 0 aliphatic carbocycles. The van der Waals surface area contributed by atoms with Crippen LogP contribution in [0.25, 0.3) is 17.0 Å². The largest absolute Gasteiger partial charge is 0.342 e. The number of hydrogen-bond acceptors (Lipinski definition) is 3. The molecule has 0 saturated carbocycles. The minimum Gasteiger partial charge on any atom is -0.342 e. The molecular weight excluding hydrogens is 355 g/mol. The van der Waals surface area contributed by atoms with Gasteiger partial charge in [0.25, 0.3) is 0 Å². The monoisotopic (exact) mass is 380 g/mol. The van der Waals surface area contributed by atoms with Crippen LogP contribution >= 0.6 is 0 Å². The van der Waals surface area contributed by atoms with E-state index in [-0.39, 0.29) is 23.1 Å². The molecule has 1 saturated heterocycles. The molecule has 6 heteroatoms. The highest BCUT2D eigenvalue weighted by molar-refractivity contribution is 5.77. The van der Waals surface area contributed by atoms with Gasteiger partial charge in [-0.15, -0.1) is 0 Å². The molecule has 3 aromatic rings. The minimum absolute atomic E-state index is 0.0147. The molecule has 1 atom stereocenters. The number of amides is 1. The van der Waals surface area contributed by atoms with Crippen molar-refractivity contribution in [3.63, 3.8) is 0 Å². The number of fused-ring (bicyclic) bond motifs is 1. The standard InChI is InChI=1S/C22H25FN4O/c1-22(2,3)12-20(28)26-11-9-16(14-26)18-8-10-24-21-25-13-19(27(18)21)15-4-6-17(23)7-5-15/h4-8,10,13,16H,9,11-12,14H2,1-3H3/t16-/m1/s1. The van der Waals surface area contributed by atoms with Crippen molar-refractivity contribution in [1.82, 2.24) is 19.3 Å². The lowest BCUT2D eigenvalue weighted by Crippen LogP contribution is -2.31. The fraction of sp³-hybridized carbons (Fsp3) is 0.409. The third kappa shape index (κ3) is 3.63. The summed E-state index contributed by atoms with van der Waals surface area (Å²) in [6.45, 7) is 7.74. The zero-order valence-electron chi connectivity index (χ0n) is 16.5. The Kier molecular flexibility index (Phi) is 4.65. The van der Waals surface area contributed by atoms with Gasteiger partial charge in [-0.1, -0.05) is 20.8 Å². The van der Waals surface area contributed by atoms with Gasteiger partial charge in [0.05, 0.1) is 11.9 Å². The Bertz CT molecular complexity index is 1000. The fourth-order valence-corrected chi connectivity index (χ4v) is 3.88. The Morgan fingerprint density at radius 1 is 1.18 bits per heavy atom. The first-order valence-electron chi connectivity index (χ1n) is 9.68. The molecule has 1 fully saturated rings. The number of imidazole rings is 1. The Balaban J connectivity index is 1.65. The van der Waals surface area contributed by atoms with Crippen molar-refractivity contribution in [2.45, 2.75) is 39.5 Å². The number of carbonyl (C=O) groups excluding carboxylic acids is 1. The number of nitrogens with zero attached hydrogens (tertiary/aromatic N) is 4. The zero-order chi connectivity index (χ0) is 19.9. The van der Waals surface area contributed by atoms with Gasteiger partial charge in [0.1, 0.15) is 5.82 Å². The summed E-state index contributed by atoms with van der Waals surface area (Å²) in [7, 11) is 0. The van der Waals surface area contributed by atoms with Gasteiger partial charge in [-0.2, -0.15) is 0 Å². The van der Waals surface area contributed by atoms with Crippen LogP contribution in [0.15, 0.2) is 42.7 Å². The van der Waals surface area contributed by atoms with Gasteiger partial charge < -0.3 is 4.90 Å². The molecule has 3 heterocycles. The van der Waals surface area contributed by atoms with E-state index in [9.17, 15) is 9.18 Å². The highest BCUT2D eigenvalue weighted by Gasteiger charge is 2.31. The highest BCUT2D eigenvalue weighted by atomic mass is 19.1. The minimum atomic E-state index is -0.264. The number of carbonyl (C=O) groups is 1. The Labute approximate surface area is 164 Å². The Hall–Kier alpha value is -2.76. The van der Waals surface area contributed by atoms with E-state index < -0.39 is 0 Å². The van der Waals surface area contributed by atoms with Crippen LogP contribution in [0.5, 0.6) is 0 Å². The third-order valence-corrected chi connectivity index (χ3v) is 5.22. The highest BCUT2D eigenvalue weighted by Crippen LogP contribution is 2.32. The quantitative estimate of drug-likeness (QED) is 0.681. The molecule has 0 radical (unpaired) electrons. The molecule has 5 nitrogen and oxygen atoms in total. The van der Waals surface area contributed by atoms with Gasteiger partial charge in [0, 0.05) is 42.9 Å². The molecule has 0 unspecified atom stereocenters. The molecule has 0 spiro atoms. The second-order valence-corrected chi connectivity index (χ2v) is 8.72. The topological polar surface area (TPSA) is 50.5 Å². The van der Waals surface area contributed by atoms with E-state index in [1.54, 1.807) is 24.5 Å². The molecule has 1 aliphatic rings. The van der Waals surface area contributed by atoms with Gasteiger partial charge in [-0.25, -0.2) is 14.4 Å². The van der Waals surface area contributed by atoms with Gasteiger partial charge in [-0.3, -0.25) is 9.20 Å². The van der Waals surface area contributed by atoms with E-state index in [0.717, 1.165) is 29.9 Å². The molecular formula is C22H25FN4O. The summed E-state index contributed by atoms with van der Waals surface area (Å²) in [5.74, 6) is 0.795. The molecule has 1 aromatic carbocycles. The van der Waals surface area contributed by atoms with Crippen molar-refractivity contribution in [3.05, 3.63) is 54.2 Å². The summed E-state index contributed by atoms with van der Waals surface area (Å²) in [5, 5.41) is 0. The molecule has 2 aromatic heterocycles. The molecule has 0 N–H and O–H groups in total. The smallest absolute Gasteiger partial charge is 0.234 e. The first-order valence-corrected chi connectivity index (χ1v) is 9.68. The van der Waals surface area contributed by atoms with E-state index in [0.29, 0.717) is 18.7 Å². The fourth-order valence-electron chi connectivity index (χ4n) is 3.88. The number of aromatic nitrogens is 3. The lowest BCUT2D eigenvalue weighted by molar-refractivity contribution is -0.132. The van der Waals surface area contributed by atoms with Crippen molar-refractivity contribution in [1.29, 1.82) is 0 Å². The first kappa shape index (κ1) is 18.6. The van der Waals surface area contributed by atoms with E-state index in [4.69, 9.17) is 0 Å². The van der Waals surface area contributed by atoms with Crippen LogP contribution in [-0.4, -0.2) is 38.3 Å². The second kappa shape index (κ2) is 7.00. The lowest BCUT2D eigenvalue weighted by atomic mass is 9.91. The van der Waals surface area contributed by atoms with Gasteiger partial charge >= 0.3 is 0 Å². The predicted molar refractivity (Wildman–Crippen MR) is 106 cm³/mol. The van der Waals surface area contributed by atoms with Crippen LogP contribution in [0.4, 0.5) is 4.39 Å². The number of hydrogen-bond donors (Lipinski definition) is 0. The summed E-state index contributed by atoms with van der Waals surface area (Å²) in [4.78, 5) is 23.4. The Morgan fingerprint density at radius 2 is 1.93 bits per heavy atom. The van der Waals surface area contributed by atoms with Gasteiger partial charge in [0.15, 0.2) is 0 Å². The average molecular weight is 380 g/mol. The van der Waals surface area contributed by atoms with Crippen molar-refractivity contribution in [3.8, 4) is 11.3 Å². The summed E-state index contributed by atoms with van der Waals surface area (Å²) in [5.41, 5.74) is 2.85. The SMILES string of the molecule is CC(C)(C)CC(=O)N1CC[C@@H](c2ccnc3ncc(-c4ccc(F)cc4)n23)C1. The van der Waals surface area contributed by atoms with Crippen LogP contribution in [0.1, 0.15) is 45.2 Å². The van der Waals surface area contributed by atoms with Crippen molar-refractivity contribution in [2.24, 2.45) is 5.41 Å². The summed E-state index contributed by atoms with van der Waals surface area (Å²) >= 11 is 0. The van der Waals surface area contributed by atoms with Crippen molar-refractivity contribution >= 4 is 11.7 Å². The summed E-state index contributed by atoms with van der Waals surface area (Å²) in [6, 6.07) is 8.41. The number of halogens is 1. The van der Waals surface area contributed by atoms with Gasteiger partial charge in [-0.05, 0) is 42.2 Å². The predicted octanol–water partition coefficient (Wildman–Crippen LogP) is 4.29. The van der Waals surface area contributed by atoms with E-state index in [2.05, 4.69) is 30.7 Å². The van der Waals surface area contributed by atoms with E-state index >= 15 is 0 Å². The molecule has 4 rings (SSSR count). The van der Waals surface area contributed by atoms with Crippen LogP contribution in [0.3, 0.4) is 0 Å². The van der Waals surface area contributed by atoms with E-state index in [1.165, 1.54) is 12.1 Å². The molecule has 1 amide bonds.